The first-order chi connectivity index (χ1) is 9.24. The molecule has 1 aromatic heterocycles. The van der Waals surface area contributed by atoms with Crippen LogP contribution in [0, 0.1) is 0 Å². The van der Waals surface area contributed by atoms with Gasteiger partial charge in [-0.2, -0.15) is 0 Å². The highest BCUT2D eigenvalue weighted by Crippen LogP contribution is 2.25. The molecule has 4 nitrogen and oxygen atoms in total. The Morgan fingerprint density at radius 2 is 1.95 bits per heavy atom. The number of aromatic hydroxyl groups is 1. The smallest absolute Gasteiger partial charge is 0.124 e. The largest absolute Gasteiger partial charge is 0.508 e. The number of nitrogens with one attached hydrogen (secondary N) is 1. The van der Waals surface area contributed by atoms with Crippen LogP contribution >= 0.6 is 0 Å². The first kappa shape index (κ1) is 12.5. The number of likely N-dealkylation sites (tertiary alicyclic amines) is 1. The summed E-state index contributed by atoms with van der Waals surface area (Å²) < 4.78 is 0. The van der Waals surface area contributed by atoms with E-state index in [-0.39, 0.29) is 5.75 Å². The van der Waals surface area contributed by atoms with Gasteiger partial charge in [-0.3, -0.25) is 4.90 Å². The molecule has 3 rings (SSSR count). The van der Waals surface area contributed by atoms with Crippen molar-refractivity contribution in [3.8, 4) is 5.75 Å². The summed E-state index contributed by atoms with van der Waals surface area (Å²) in [6.07, 6.45) is 5.26. The molecule has 2 N–H and O–H groups in total. The van der Waals surface area contributed by atoms with Crippen molar-refractivity contribution in [3.63, 3.8) is 0 Å². The molecule has 1 aliphatic heterocycles. The van der Waals surface area contributed by atoms with Crippen LogP contribution in [0.2, 0.25) is 0 Å². The lowest BCUT2D eigenvalue weighted by Gasteiger charge is -2.25. The SMILES string of the molecule is CC(c1nc2ccc(O)cc2[nH]1)N1CCCCCC1. The van der Waals surface area contributed by atoms with Gasteiger partial charge in [0.1, 0.15) is 11.6 Å². The van der Waals surface area contributed by atoms with E-state index in [1.165, 1.54) is 25.7 Å². The Labute approximate surface area is 113 Å². The highest BCUT2D eigenvalue weighted by molar-refractivity contribution is 5.76. The lowest BCUT2D eigenvalue weighted by Crippen LogP contribution is -2.28. The topological polar surface area (TPSA) is 52.2 Å². The number of phenols is 1. The van der Waals surface area contributed by atoms with Crippen molar-refractivity contribution in [1.82, 2.24) is 14.9 Å². The number of H-pyrrole nitrogens is 1. The van der Waals surface area contributed by atoms with Gasteiger partial charge in [-0.15, -0.1) is 0 Å². The number of hydrogen-bond donors (Lipinski definition) is 2. The summed E-state index contributed by atoms with van der Waals surface area (Å²) in [5.41, 5.74) is 1.84. The van der Waals surface area contributed by atoms with Gasteiger partial charge in [-0.25, -0.2) is 4.98 Å². The van der Waals surface area contributed by atoms with Gasteiger partial charge < -0.3 is 10.1 Å². The molecule has 102 valence electrons. The van der Waals surface area contributed by atoms with Gasteiger partial charge in [-0.05, 0) is 45.0 Å². The summed E-state index contributed by atoms with van der Waals surface area (Å²) in [5, 5.41) is 9.51. The molecule has 1 aliphatic rings. The first-order valence-corrected chi connectivity index (χ1v) is 7.17. The number of nitrogens with zero attached hydrogens (tertiary/aromatic N) is 2. The van der Waals surface area contributed by atoms with Gasteiger partial charge in [0.2, 0.25) is 0 Å². The second-order valence-electron chi connectivity index (χ2n) is 5.45. The molecule has 1 fully saturated rings. The number of aromatic amines is 1. The summed E-state index contributed by atoms with van der Waals surface area (Å²) >= 11 is 0. The third-order valence-electron chi connectivity index (χ3n) is 4.07. The zero-order chi connectivity index (χ0) is 13.2. The average molecular weight is 259 g/mol. The van der Waals surface area contributed by atoms with Crippen molar-refractivity contribution >= 4 is 11.0 Å². The first-order valence-electron chi connectivity index (χ1n) is 7.17. The fourth-order valence-corrected chi connectivity index (χ4v) is 2.87. The highest BCUT2D eigenvalue weighted by Gasteiger charge is 2.20. The van der Waals surface area contributed by atoms with E-state index in [9.17, 15) is 5.11 Å². The fraction of sp³-hybridized carbons (Fsp3) is 0.533. The normalized spacial score (nSPS) is 19.4. The van der Waals surface area contributed by atoms with Crippen molar-refractivity contribution < 1.29 is 5.11 Å². The van der Waals surface area contributed by atoms with Gasteiger partial charge >= 0.3 is 0 Å². The molecule has 4 heteroatoms. The molecule has 1 aromatic carbocycles. The minimum Gasteiger partial charge on any atom is -0.508 e. The zero-order valence-electron chi connectivity index (χ0n) is 11.4. The van der Waals surface area contributed by atoms with Crippen LogP contribution in [0.4, 0.5) is 0 Å². The lowest BCUT2D eigenvalue weighted by molar-refractivity contribution is 0.212. The van der Waals surface area contributed by atoms with Crippen LogP contribution in [0.1, 0.15) is 44.5 Å². The van der Waals surface area contributed by atoms with Crippen LogP contribution in [0.5, 0.6) is 5.75 Å². The third kappa shape index (κ3) is 2.59. The molecule has 1 saturated heterocycles. The summed E-state index contributed by atoms with van der Waals surface area (Å²) in [6, 6.07) is 5.59. The zero-order valence-corrected chi connectivity index (χ0v) is 11.4. The van der Waals surface area contributed by atoms with E-state index in [2.05, 4.69) is 21.8 Å². The average Bonchev–Trinajstić information content (AvgIpc) is 2.64. The number of rotatable bonds is 2. The molecular formula is C15H21N3O. The predicted octanol–water partition coefficient (Wildman–Crippen LogP) is 3.21. The number of hydrogen-bond acceptors (Lipinski definition) is 3. The molecule has 0 spiro atoms. The van der Waals surface area contributed by atoms with Gasteiger partial charge in [0.25, 0.3) is 0 Å². The van der Waals surface area contributed by atoms with E-state index in [1.54, 1.807) is 12.1 Å². The maximum Gasteiger partial charge on any atom is 0.124 e. The van der Waals surface area contributed by atoms with Gasteiger partial charge in [-0.1, -0.05) is 12.8 Å². The lowest BCUT2D eigenvalue weighted by atomic mass is 10.2. The molecule has 0 saturated carbocycles. The number of benzene rings is 1. The molecule has 0 bridgehead atoms. The van der Waals surface area contributed by atoms with Crippen molar-refractivity contribution in [2.45, 2.75) is 38.6 Å². The van der Waals surface area contributed by atoms with E-state index in [1.807, 2.05) is 6.07 Å². The van der Waals surface area contributed by atoms with Gasteiger partial charge in [0.05, 0.1) is 17.1 Å². The molecule has 1 atom stereocenters. The number of phenolic OH excluding ortho intramolecular Hbond substituents is 1. The molecule has 2 aromatic rings. The monoisotopic (exact) mass is 259 g/mol. The summed E-state index contributed by atoms with van der Waals surface area (Å²) in [7, 11) is 0. The van der Waals surface area contributed by atoms with Gasteiger partial charge in [0, 0.05) is 6.07 Å². The fourth-order valence-electron chi connectivity index (χ4n) is 2.87. The van der Waals surface area contributed by atoms with Crippen LogP contribution in [0.3, 0.4) is 0 Å². The van der Waals surface area contributed by atoms with E-state index in [0.717, 1.165) is 29.9 Å². The van der Waals surface area contributed by atoms with E-state index in [4.69, 9.17) is 0 Å². The molecule has 1 unspecified atom stereocenters. The van der Waals surface area contributed by atoms with Crippen molar-refractivity contribution in [2.75, 3.05) is 13.1 Å². The van der Waals surface area contributed by atoms with Crippen LogP contribution in [-0.2, 0) is 0 Å². The van der Waals surface area contributed by atoms with Gasteiger partial charge in [0.15, 0.2) is 0 Å². The Morgan fingerprint density at radius 1 is 1.21 bits per heavy atom. The van der Waals surface area contributed by atoms with Crippen LogP contribution < -0.4 is 0 Å². The molecule has 0 aliphatic carbocycles. The quantitative estimate of drug-likeness (QED) is 0.870. The third-order valence-corrected chi connectivity index (χ3v) is 4.07. The van der Waals surface area contributed by atoms with E-state index in [0.29, 0.717) is 6.04 Å². The maximum absolute atomic E-state index is 9.51. The summed E-state index contributed by atoms with van der Waals surface area (Å²) in [6.45, 7) is 4.52. The standard InChI is InChI=1S/C15H21N3O/c1-11(18-8-4-2-3-5-9-18)15-16-13-7-6-12(19)10-14(13)17-15/h6-7,10-11,19H,2-5,8-9H2,1H3,(H,16,17). The van der Waals surface area contributed by atoms with Crippen molar-refractivity contribution in [2.24, 2.45) is 0 Å². The van der Waals surface area contributed by atoms with Crippen LogP contribution in [-0.4, -0.2) is 33.1 Å². The number of fused-ring (bicyclic) bond motifs is 1. The number of aromatic nitrogens is 2. The van der Waals surface area contributed by atoms with Crippen molar-refractivity contribution in [3.05, 3.63) is 24.0 Å². The predicted molar refractivity (Wildman–Crippen MR) is 76.2 cm³/mol. The number of imidazole rings is 1. The molecule has 0 amide bonds. The second kappa shape index (κ2) is 5.21. The Morgan fingerprint density at radius 3 is 2.68 bits per heavy atom. The minimum absolute atomic E-state index is 0.283. The maximum atomic E-state index is 9.51. The Kier molecular flexibility index (Phi) is 3.42. The van der Waals surface area contributed by atoms with Crippen LogP contribution in [0.25, 0.3) is 11.0 Å². The Hall–Kier alpha value is -1.55. The Bertz CT molecular complexity index is 556. The minimum atomic E-state index is 0.283. The van der Waals surface area contributed by atoms with Crippen LogP contribution in [0.15, 0.2) is 18.2 Å². The molecule has 2 heterocycles. The summed E-state index contributed by atoms with van der Waals surface area (Å²) in [4.78, 5) is 10.5. The second-order valence-corrected chi connectivity index (χ2v) is 5.45. The summed E-state index contributed by atoms with van der Waals surface area (Å²) in [5.74, 6) is 1.28. The van der Waals surface area contributed by atoms with E-state index >= 15 is 0 Å². The molecule has 19 heavy (non-hydrogen) atoms. The Balaban J connectivity index is 1.85. The molecular weight excluding hydrogens is 238 g/mol. The van der Waals surface area contributed by atoms with E-state index < -0.39 is 0 Å². The highest BCUT2D eigenvalue weighted by atomic mass is 16.3. The van der Waals surface area contributed by atoms with Crippen molar-refractivity contribution in [1.29, 1.82) is 0 Å². The molecule has 0 radical (unpaired) electrons.